The van der Waals surface area contributed by atoms with E-state index in [1.54, 1.807) is 12.4 Å². The Hall–Kier alpha value is -3.02. The van der Waals surface area contributed by atoms with Crippen LogP contribution in [0.4, 0.5) is 0 Å². The Bertz CT molecular complexity index is 760. The van der Waals surface area contributed by atoms with Crippen LogP contribution in [0.5, 0.6) is 0 Å². The first kappa shape index (κ1) is 16.8. The van der Waals surface area contributed by atoms with E-state index in [1.165, 1.54) is 5.01 Å². The van der Waals surface area contributed by atoms with Gasteiger partial charge in [-0.1, -0.05) is 30.3 Å². The molecule has 0 aliphatic carbocycles. The van der Waals surface area contributed by atoms with Crippen LogP contribution in [0.2, 0.25) is 0 Å². The number of hydrazone groups is 1. The van der Waals surface area contributed by atoms with Gasteiger partial charge in [0.2, 0.25) is 11.8 Å². The van der Waals surface area contributed by atoms with Crippen molar-refractivity contribution in [1.29, 1.82) is 0 Å². The number of benzene rings is 1. The van der Waals surface area contributed by atoms with E-state index < -0.39 is 0 Å². The van der Waals surface area contributed by atoms with Gasteiger partial charge in [-0.15, -0.1) is 0 Å². The third kappa shape index (κ3) is 4.73. The maximum atomic E-state index is 12.2. The third-order valence-corrected chi connectivity index (χ3v) is 4.00. The summed E-state index contributed by atoms with van der Waals surface area (Å²) in [5, 5.41) is 8.67. The second-order valence-corrected chi connectivity index (χ2v) is 5.81. The van der Waals surface area contributed by atoms with Gasteiger partial charge in [-0.25, -0.2) is 5.01 Å². The van der Waals surface area contributed by atoms with Crippen molar-refractivity contribution in [2.24, 2.45) is 5.10 Å². The van der Waals surface area contributed by atoms with Gasteiger partial charge >= 0.3 is 0 Å². The van der Waals surface area contributed by atoms with Crippen LogP contribution in [-0.4, -0.2) is 34.1 Å². The van der Waals surface area contributed by atoms with E-state index >= 15 is 0 Å². The van der Waals surface area contributed by atoms with E-state index in [0.29, 0.717) is 13.1 Å². The van der Waals surface area contributed by atoms with E-state index in [1.807, 2.05) is 42.5 Å². The SMILES string of the molecule is O=C(CCC(=O)N1CCC(c2ccccc2)=N1)NCc1ccncc1. The number of pyridine rings is 1. The van der Waals surface area contributed by atoms with Crippen molar-refractivity contribution in [3.63, 3.8) is 0 Å². The monoisotopic (exact) mass is 336 g/mol. The molecule has 2 aromatic rings. The molecule has 1 N–H and O–H groups in total. The Morgan fingerprint density at radius 3 is 2.56 bits per heavy atom. The highest BCUT2D eigenvalue weighted by molar-refractivity contribution is 6.02. The molecule has 2 amide bonds. The molecule has 1 aliphatic rings. The number of nitrogens with zero attached hydrogens (tertiary/aromatic N) is 3. The first-order valence-electron chi connectivity index (χ1n) is 8.31. The molecule has 0 saturated heterocycles. The topological polar surface area (TPSA) is 74.7 Å². The predicted octanol–water partition coefficient (Wildman–Crippen LogP) is 2.11. The molecule has 6 nitrogen and oxygen atoms in total. The highest BCUT2D eigenvalue weighted by atomic mass is 16.2. The Labute approximate surface area is 146 Å². The van der Waals surface area contributed by atoms with Gasteiger partial charge in [-0.05, 0) is 23.3 Å². The van der Waals surface area contributed by atoms with E-state index in [0.717, 1.165) is 23.3 Å². The van der Waals surface area contributed by atoms with Crippen LogP contribution in [0.15, 0.2) is 60.0 Å². The van der Waals surface area contributed by atoms with Crippen LogP contribution in [0, 0.1) is 0 Å². The molecule has 6 heteroatoms. The molecule has 1 aromatic carbocycles. The second kappa shape index (κ2) is 8.19. The minimum Gasteiger partial charge on any atom is -0.352 e. The van der Waals surface area contributed by atoms with Crippen molar-refractivity contribution in [1.82, 2.24) is 15.3 Å². The maximum Gasteiger partial charge on any atom is 0.243 e. The van der Waals surface area contributed by atoms with Crippen molar-refractivity contribution < 1.29 is 9.59 Å². The quantitative estimate of drug-likeness (QED) is 0.878. The minimum absolute atomic E-state index is 0.120. The summed E-state index contributed by atoms with van der Waals surface area (Å²) in [6.07, 6.45) is 4.43. The van der Waals surface area contributed by atoms with Crippen LogP contribution in [0.3, 0.4) is 0 Å². The van der Waals surface area contributed by atoms with Gasteiger partial charge < -0.3 is 5.32 Å². The summed E-state index contributed by atoms with van der Waals surface area (Å²) < 4.78 is 0. The van der Waals surface area contributed by atoms with Crippen LogP contribution in [0.1, 0.15) is 30.4 Å². The van der Waals surface area contributed by atoms with Gasteiger partial charge in [-0.3, -0.25) is 14.6 Å². The number of carbonyl (C=O) groups is 2. The van der Waals surface area contributed by atoms with Crippen LogP contribution in [0.25, 0.3) is 0 Å². The average Bonchev–Trinajstić information content (AvgIpc) is 3.16. The van der Waals surface area contributed by atoms with Crippen molar-refractivity contribution in [2.45, 2.75) is 25.8 Å². The minimum atomic E-state index is -0.142. The number of aromatic nitrogens is 1. The zero-order chi connectivity index (χ0) is 17.5. The van der Waals surface area contributed by atoms with E-state index in [2.05, 4.69) is 15.4 Å². The molecule has 0 fully saturated rings. The van der Waals surface area contributed by atoms with Crippen LogP contribution >= 0.6 is 0 Å². The van der Waals surface area contributed by atoms with E-state index in [9.17, 15) is 9.59 Å². The van der Waals surface area contributed by atoms with E-state index in [-0.39, 0.29) is 24.7 Å². The molecule has 2 heterocycles. The Balaban J connectivity index is 1.45. The lowest BCUT2D eigenvalue weighted by Gasteiger charge is -2.11. The van der Waals surface area contributed by atoms with Gasteiger partial charge in [0, 0.05) is 38.2 Å². The summed E-state index contributed by atoms with van der Waals surface area (Å²) in [5.41, 5.74) is 2.93. The fourth-order valence-electron chi connectivity index (χ4n) is 2.61. The summed E-state index contributed by atoms with van der Waals surface area (Å²) in [7, 11) is 0. The van der Waals surface area contributed by atoms with Gasteiger partial charge in [0.15, 0.2) is 0 Å². The van der Waals surface area contributed by atoms with Crippen molar-refractivity contribution >= 4 is 17.5 Å². The average molecular weight is 336 g/mol. The number of carbonyl (C=O) groups excluding carboxylic acids is 2. The van der Waals surface area contributed by atoms with Gasteiger partial charge in [0.1, 0.15) is 0 Å². The largest absolute Gasteiger partial charge is 0.352 e. The molecule has 0 saturated carbocycles. The maximum absolute atomic E-state index is 12.2. The lowest BCUT2D eigenvalue weighted by molar-refractivity contribution is -0.133. The highest BCUT2D eigenvalue weighted by Crippen LogP contribution is 2.14. The summed E-state index contributed by atoms with van der Waals surface area (Å²) >= 11 is 0. The van der Waals surface area contributed by atoms with Crippen molar-refractivity contribution in [3.8, 4) is 0 Å². The van der Waals surface area contributed by atoms with Gasteiger partial charge in [0.05, 0.1) is 12.3 Å². The Morgan fingerprint density at radius 2 is 1.80 bits per heavy atom. The molecule has 0 radical (unpaired) electrons. The molecule has 128 valence electrons. The molecular formula is C19H20N4O2. The molecule has 1 aliphatic heterocycles. The lowest BCUT2D eigenvalue weighted by Crippen LogP contribution is -2.27. The number of hydrogen-bond donors (Lipinski definition) is 1. The molecule has 25 heavy (non-hydrogen) atoms. The standard InChI is InChI=1S/C19H20N4O2/c24-18(21-14-15-8-11-20-12-9-15)6-7-19(25)23-13-10-17(22-23)16-4-2-1-3-5-16/h1-5,8-9,11-12H,6-7,10,13-14H2,(H,21,24). The molecule has 0 atom stereocenters. The smallest absolute Gasteiger partial charge is 0.243 e. The summed E-state index contributed by atoms with van der Waals surface area (Å²) in [5.74, 6) is -0.262. The van der Waals surface area contributed by atoms with Crippen LogP contribution in [-0.2, 0) is 16.1 Å². The molecule has 3 rings (SSSR count). The Kier molecular flexibility index (Phi) is 5.51. The van der Waals surface area contributed by atoms with Gasteiger partial charge in [-0.2, -0.15) is 5.10 Å². The van der Waals surface area contributed by atoms with Gasteiger partial charge in [0.25, 0.3) is 0 Å². The fourth-order valence-corrected chi connectivity index (χ4v) is 2.61. The summed E-state index contributed by atoms with van der Waals surface area (Å²) in [6.45, 7) is 1.01. The molecule has 0 bridgehead atoms. The summed E-state index contributed by atoms with van der Waals surface area (Å²) in [6, 6.07) is 13.5. The number of hydrogen-bond acceptors (Lipinski definition) is 4. The number of nitrogens with one attached hydrogen (secondary N) is 1. The fraction of sp³-hybridized carbons (Fsp3) is 0.263. The first-order chi connectivity index (χ1) is 12.2. The number of amides is 2. The van der Waals surface area contributed by atoms with Crippen molar-refractivity contribution in [3.05, 3.63) is 66.0 Å². The third-order valence-electron chi connectivity index (χ3n) is 4.00. The van der Waals surface area contributed by atoms with Crippen LogP contribution < -0.4 is 5.32 Å². The zero-order valence-electron chi connectivity index (χ0n) is 13.9. The Morgan fingerprint density at radius 1 is 1.04 bits per heavy atom. The summed E-state index contributed by atoms with van der Waals surface area (Å²) in [4.78, 5) is 28.0. The second-order valence-electron chi connectivity index (χ2n) is 5.81. The zero-order valence-corrected chi connectivity index (χ0v) is 13.9. The lowest BCUT2D eigenvalue weighted by atomic mass is 10.1. The molecule has 1 aromatic heterocycles. The van der Waals surface area contributed by atoms with E-state index in [4.69, 9.17) is 0 Å². The predicted molar refractivity (Wildman–Crippen MR) is 94.6 cm³/mol. The first-order valence-corrected chi connectivity index (χ1v) is 8.31. The van der Waals surface area contributed by atoms with Crippen molar-refractivity contribution in [2.75, 3.05) is 6.54 Å². The molecule has 0 unspecified atom stereocenters. The molecular weight excluding hydrogens is 316 g/mol. The molecule has 0 spiro atoms. The normalized spacial score (nSPS) is 13.4. The highest BCUT2D eigenvalue weighted by Gasteiger charge is 2.21. The number of rotatable bonds is 6.